The Bertz CT molecular complexity index is 622. The molecule has 0 spiro atoms. The number of hydrogen-bond acceptors (Lipinski definition) is 4. The summed E-state index contributed by atoms with van der Waals surface area (Å²) in [6, 6.07) is 5.62. The van der Waals surface area contributed by atoms with E-state index in [0.717, 1.165) is 22.6 Å². The molecule has 0 aliphatic heterocycles. The summed E-state index contributed by atoms with van der Waals surface area (Å²) in [7, 11) is 2.99. The Morgan fingerprint density at radius 1 is 1.45 bits per heavy atom. The van der Waals surface area contributed by atoms with Crippen molar-refractivity contribution in [2.45, 2.75) is 25.3 Å². The SMILES string of the molecule is COC(=O)CCn1c(C(C)Cl)nc2ccc(OC)cc21. The standard InChI is InChI=1S/C14H17ClN2O3/c1-9(15)14-16-11-5-4-10(19-2)8-12(11)17(14)7-6-13(18)20-3/h4-5,8-9H,6-7H2,1-3H3. The van der Waals surface area contributed by atoms with E-state index in [9.17, 15) is 4.79 Å². The summed E-state index contributed by atoms with van der Waals surface area (Å²) >= 11 is 6.17. The Balaban J connectivity index is 2.45. The normalized spacial score (nSPS) is 12.4. The zero-order chi connectivity index (χ0) is 14.7. The third-order valence-corrected chi connectivity index (χ3v) is 3.30. The lowest BCUT2D eigenvalue weighted by atomic mass is 10.3. The summed E-state index contributed by atoms with van der Waals surface area (Å²) in [5, 5.41) is -0.244. The molecule has 0 radical (unpaired) electrons. The molecule has 0 saturated carbocycles. The van der Waals surface area contributed by atoms with Crippen molar-refractivity contribution in [2.75, 3.05) is 14.2 Å². The first-order valence-corrected chi connectivity index (χ1v) is 6.75. The maximum absolute atomic E-state index is 11.3. The number of nitrogens with zero attached hydrogens (tertiary/aromatic N) is 2. The largest absolute Gasteiger partial charge is 0.497 e. The van der Waals surface area contributed by atoms with Gasteiger partial charge in [0, 0.05) is 12.6 Å². The van der Waals surface area contributed by atoms with Crippen LogP contribution in [-0.4, -0.2) is 29.7 Å². The number of aromatic nitrogens is 2. The monoisotopic (exact) mass is 296 g/mol. The second kappa shape index (κ2) is 6.13. The van der Waals surface area contributed by atoms with Crippen LogP contribution in [0, 0.1) is 0 Å². The van der Waals surface area contributed by atoms with Crippen molar-refractivity contribution in [3.05, 3.63) is 24.0 Å². The van der Waals surface area contributed by atoms with Gasteiger partial charge in [0.15, 0.2) is 0 Å². The van der Waals surface area contributed by atoms with Crippen molar-refractivity contribution in [1.82, 2.24) is 9.55 Å². The fourth-order valence-corrected chi connectivity index (χ4v) is 2.26. The van der Waals surface area contributed by atoms with Gasteiger partial charge in [0.2, 0.25) is 0 Å². The second-order valence-electron chi connectivity index (χ2n) is 4.42. The number of rotatable bonds is 5. The van der Waals surface area contributed by atoms with E-state index in [2.05, 4.69) is 9.72 Å². The molecule has 0 saturated heterocycles. The molecule has 2 aromatic rings. The number of methoxy groups -OCH3 is 2. The molecule has 1 unspecified atom stereocenters. The van der Waals surface area contributed by atoms with Crippen LogP contribution >= 0.6 is 11.6 Å². The fourth-order valence-electron chi connectivity index (χ4n) is 2.09. The summed E-state index contributed by atoms with van der Waals surface area (Å²) in [5.74, 6) is 1.22. The van der Waals surface area contributed by atoms with Gasteiger partial charge in [-0.1, -0.05) is 0 Å². The molecule has 2 rings (SSSR count). The smallest absolute Gasteiger partial charge is 0.307 e. The molecule has 0 N–H and O–H groups in total. The number of alkyl halides is 1. The first kappa shape index (κ1) is 14.7. The zero-order valence-corrected chi connectivity index (χ0v) is 12.5. The zero-order valence-electron chi connectivity index (χ0n) is 11.7. The molecule has 0 aliphatic carbocycles. The minimum atomic E-state index is -0.261. The number of carbonyl (C=O) groups is 1. The van der Waals surface area contributed by atoms with Crippen LogP contribution in [0.25, 0.3) is 11.0 Å². The highest BCUT2D eigenvalue weighted by Gasteiger charge is 2.16. The molecule has 1 atom stereocenters. The predicted octanol–water partition coefficient (Wildman–Crippen LogP) is 2.91. The number of benzene rings is 1. The summed E-state index contributed by atoms with van der Waals surface area (Å²) in [4.78, 5) is 15.8. The minimum Gasteiger partial charge on any atom is -0.497 e. The van der Waals surface area contributed by atoms with Gasteiger partial charge in [-0.3, -0.25) is 4.79 Å². The molecule has 0 aliphatic rings. The number of imidazole rings is 1. The third-order valence-electron chi connectivity index (χ3n) is 3.11. The Kier molecular flexibility index (Phi) is 4.49. The van der Waals surface area contributed by atoms with Gasteiger partial charge in [0.1, 0.15) is 11.6 Å². The van der Waals surface area contributed by atoms with Gasteiger partial charge < -0.3 is 14.0 Å². The van der Waals surface area contributed by atoms with Crippen LogP contribution in [-0.2, 0) is 16.1 Å². The lowest BCUT2D eigenvalue weighted by molar-refractivity contribution is -0.140. The predicted molar refractivity (Wildman–Crippen MR) is 77.2 cm³/mol. The number of halogens is 1. The topological polar surface area (TPSA) is 53.4 Å². The van der Waals surface area contributed by atoms with Crippen LogP contribution in [0.4, 0.5) is 0 Å². The first-order valence-electron chi connectivity index (χ1n) is 6.32. The molecule has 108 valence electrons. The van der Waals surface area contributed by atoms with Gasteiger partial charge in [-0.05, 0) is 19.1 Å². The summed E-state index contributed by atoms with van der Waals surface area (Å²) < 4.78 is 11.8. The van der Waals surface area contributed by atoms with Gasteiger partial charge in [-0.25, -0.2) is 4.98 Å². The average Bonchev–Trinajstić information content (AvgIpc) is 2.82. The van der Waals surface area contributed by atoms with Crippen molar-refractivity contribution in [2.24, 2.45) is 0 Å². The van der Waals surface area contributed by atoms with E-state index in [1.165, 1.54) is 7.11 Å². The molecule has 0 fully saturated rings. The van der Waals surface area contributed by atoms with Crippen LogP contribution in [0.1, 0.15) is 24.5 Å². The van der Waals surface area contributed by atoms with Gasteiger partial charge in [-0.2, -0.15) is 0 Å². The summed E-state index contributed by atoms with van der Waals surface area (Å²) in [5.41, 5.74) is 1.73. The van der Waals surface area contributed by atoms with Crippen molar-refractivity contribution >= 4 is 28.6 Å². The maximum atomic E-state index is 11.3. The highest BCUT2D eigenvalue weighted by Crippen LogP contribution is 2.27. The minimum absolute atomic E-state index is 0.244. The highest BCUT2D eigenvalue weighted by atomic mass is 35.5. The van der Waals surface area contributed by atoms with Crippen molar-refractivity contribution in [3.8, 4) is 5.75 Å². The molecule has 0 amide bonds. The van der Waals surface area contributed by atoms with E-state index < -0.39 is 0 Å². The quantitative estimate of drug-likeness (QED) is 0.629. The molecule has 1 aromatic heterocycles. The van der Waals surface area contributed by atoms with Crippen molar-refractivity contribution < 1.29 is 14.3 Å². The molecule has 1 heterocycles. The highest BCUT2D eigenvalue weighted by molar-refractivity contribution is 6.20. The van der Waals surface area contributed by atoms with Crippen LogP contribution in [0.15, 0.2) is 18.2 Å². The van der Waals surface area contributed by atoms with Gasteiger partial charge in [-0.15, -0.1) is 11.6 Å². The number of aryl methyl sites for hydroxylation is 1. The van der Waals surface area contributed by atoms with Gasteiger partial charge >= 0.3 is 5.97 Å². The molecule has 20 heavy (non-hydrogen) atoms. The number of fused-ring (bicyclic) bond motifs is 1. The molecule has 5 nitrogen and oxygen atoms in total. The molecular weight excluding hydrogens is 280 g/mol. The lowest BCUT2D eigenvalue weighted by Crippen LogP contribution is -2.10. The first-order chi connectivity index (χ1) is 9.56. The fraction of sp³-hybridized carbons (Fsp3) is 0.429. The van der Waals surface area contributed by atoms with Crippen LogP contribution < -0.4 is 4.74 Å². The Morgan fingerprint density at radius 2 is 2.20 bits per heavy atom. The third kappa shape index (κ3) is 2.88. The second-order valence-corrected chi connectivity index (χ2v) is 5.07. The Labute approximate surface area is 122 Å². The number of esters is 1. The van der Waals surface area contributed by atoms with Crippen molar-refractivity contribution in [3.63, 3.8) is 0 Å². The summed E-state index contributed by atoms with van der Waals surface area (Å²) in [6.07, 6.45) is 0.274. The Morgan fingerprint density at radius 3 is 2.80 bits per heavy atom. The van der Waals surface area contributed by atoms with E-state index in [4.69, 9.17) is 16.3 Å². The molecule has 6 heteroatoms. The van der Waals surface area contributed by atoms with E-state index in [1.807, 2.05) is 29.7 Å². The number of carbonyl (C=O) groups excluding carboxylic acids is 1. The van der Waals surface area contributed by atoms with Crippen molar-refractivity contribution in [1.29, 1.82) is 0 Å². The number of hydrogen-bond donors (Lipinski definition) is 0. The van der Waals surface area contributed by atoms with Crippen LogP contribution in [0.5, 0.6) is 5.75 Å². The molecular formula is C14H17ClN2O3. The van der Waals surface area contributed by atoms with Crippen LogP contribution in [0.2, 0.25) is 0 Å². The van der Waals surface area contributed by atoms with E-state index in [0.29, 0.717) is 6.54 Å². The van der Waals surface area contributed by atoms with E-state index >= 15 is 0 Å². The van der Waals surface area contributed by atoms with Crippen LogP contribution in [0.3, 0.4) is 0 Å². The molecule has 0 bridgehead atoms. The van der Waals surface area contributed by atoms with Gasteiger partial charge in [0.05, 0.1) is 37.1 Å². The molecule has 1 aromatic carbocycles. The van der Waals surface area contributed by atoms with Gasteiger partial charge in [0.25, 0.3) is 0 Å². The summed E-state index contributed by atoms with van der Waals surface area (Å²) in [6.45, 7) is 2.33. The van der Waals surface area contributed by atoms with E-state index in [1.54, 1.807) is 7.11 Å². The van der Waals surface area contributed by atoms with E-state index in [-0.39, 0.29) is 17.8 Å². The number of ether oxygens (including phenoxy) is 2. The lowest BCUT2D eigenvalue weighted by Gasteiger charge is -2.10. The maximum Gasteiger partial charge on any atom is 0.307 e. The average molecular weight is 297 g/mol. The Hall–Kier alpha value is -1.75.